The van der Waals surface area contributed by atoms with Crippen LogP contribution in [0.1, 0.15) is 23.7 Å². The number of pyridine rings is 1. The fourth-order valence-electron chi connectivity index (χ4n) is 1.97. The first-order valence-electron chi connectivity index (χ1n) is 6.36. The van der Waals surface area contributed by atoms with Gasteiger partial charge >= 0.3 is 0 Å². The van der Waals surface area contributed by atoms with Gasteiger partial charge in [0.25, 0.3) is 5.91 Å². The van der Waals surface area contributed by atoms with Gasteiger partial charge in [0, 0.05) is 19.3 Å². The summed E-state index contributed by atoms with van der Waals surface area (Å²) in [4.78, 5) is 16.3. The van der Waals surface area contributed by atoms with Crippen molar-refractivity contribution in [3.05, 3.63) is 23.9 Å². The van der Waals surface area contributed by atoms with Gasteiger partial charge in [-0.1, -0.05) is 0 Å². The maximum atomic E-state index is 12.1. The van der Waals surface area contributed by atoms with Crippen molar-refractivity contribution in [2.75, 3.05) is 29.9 Å². The Morgan fingerprint density at radius 1 is 1.61 bits per heavy atom. The van der Waals surface area contributed by atoms with Gasteiger partial charge in [0.05, 0.1) is 5.56 Å². The molecule has 4 nitrogen and oxygen atoms in total. The van der Waals surface area contributed by atoms with Gasteiger partial charge in [0.2, 0.25) is 0 Å². The molecule has 1 amide bonds. The third-order valence-corrected chi connectivity index (χ3v) is 4.20. The van der Waals surface area contributed by atoms with E-state index >= 15 is 0 Å². The fraction of sp³-hybridized carbons (Fsp3) is 0.538. The number of amides is 1. The largest absolute Gasteiger partial charge is 0.370 e. The van der Waals surface area contributed by atoms with Gasteiger partial charge < -0.3 is 10.6 Å². The lowest BCUT2D eigenvalue weighted by Crippen LogP contribution is -2.30. The van der Waals surface area contributed by atoms with Crippen LogP contribution in [0.25, 0.3) is 0 Å². The molecule has 0 radical (unpaired) electrons. The first kappa shape index (κ1) is 13.2. The van der Waals surface area contributed by atoms with Crippen molar-refractivity contribution >= 4 is 23.5 Å². The lowest BCUT2D eigenvalue weighted by molar-refractivity contribution is 0.0949. The van der Waals surface area contributed by atoms with Crippen molar-refractivity contribution in [1.82, 2.24) is 10.3 Å². The highest BCUT2D eigenvalue weighted by molar-refractivity contribution is 7.99. The van der Waals surface area contributed by atoms with Crippen LogP contribution in [0.2, 0.25) is 0 Å². The van der Waals surface area contributed by atoms with E-state index < -0.39 is 0 Å². The third-order valence-electron chi connectivity index (χ3n) is 2.97. The Bertz CT molecular complexity index is 405. The highest BCUT2D eigenvalue weighted by atomic mass is 32.2. The maximum absolute atomic E-state index is 12.1. The third kappa shape index (κ3) is 3.38. The van der Waals surface area contributed by atoms with Crippen molar-refractivity contribution in [3.8, 4) is 0 Å². The molecule has 98 valence electrons. The minimum absolute atomic E-state index is 0.0315. The average molecular weight is 265 g/mol. The summed E-state index contributed by atoms with van der Waals surface area (Å²) in [6, 6.07) is 3.60. The summed E-state index contributed by atoms with van der Waals surface area (Å²) >= 11 is 1.96. The van der Waals surface area contributed by atoms with E-state index in [9.17, 15) is 4.79 Å². The highest BCUT2D eigenvalue weighted by Gasteiger charge is 2.17. The Morgan fingerprint density at radius 2 is 2.50 bits per heavy atom. The van der Waals surface area contributed by atoms with E-state index in [1.807, 2.05) is 24.8 Å². The molecule has 0 aromatic carbocycles. The fourth-order valence-corrected chi connectivity index (χ4v) is 3.26. The van der Waals surface area contributed by atoms with Crippen LogP contribution in [0.5, 0.6) is 0 Å². The number of anilines is 1. The molecule has 0 bridgehead atoms. The molecule has 1 saturated heterocycles. The number of carbonyl (C=O) groups excluding carboxylic acids is 1. The minimum atomic E-state index is -0.0315. The van der Waals surface area contributed by atoms with E-state index in [1.54, 1.807) is 12.3 Å². The lowest BCUT2D eigenvalue weighted by atomic mass is 10.1. The molecule has 1 aromatic heterocycles. The van der Waals surface area contributed by atoms with Gasteiger partial charge in [0.1, 0.15) is 5.82 Å². The quantitative estimate of drug-likeness (QED) is 0.855. The van der Waals surface area contributed by atoms with Gasteiger partial charge in [-0.3, -0.25) is 4.79 Å². The van der Waals surface area contributed by atoms with E-state index in [0.29, 0.717) is 17.3 Å². The molecule has 2 N–H and O–H groups in total. The van der Waals surface area contributed by atoms with Crippen LogP contribution in [0.3, 0.4) is 0 Å². The van der Waals surface area contributed by atoms with E-state index in [1.165, 1.54) is 12.2 Å². The molecule has 5 heteroatoms. The number of hydrogen-bond donors (Lipinski definition) is 2. The minimum Gasteiger partial charge on any atom is -0.370 e. The molecule has 0 spiro atoms. The second-order valence-electron chi connectivity index (χ2n) is 4.37. The summed E-state index contributed by atoms with van der Waals surface area (Å²) in [5, 5.41) is 6.12. The normalized spacial score (nSPS) is 18.6. The zero-order valence-corrected chi connectivity index (χ0v) is 11.4. The lowest BCUT2D eigenvalue weighted by Gasteiger charge is -2.12. The zero-order chi connectivity index (χ0) is 12.8. The van der Waals surface area contributed by atoms with Gasteiger partial charge in [-0.2, -0.15) is 11.8 Å². The molecule has 1 aliphatic rings. The summed E-state index contributed by atoms with van der Waals surface area (Å²) in [6.07, 6.45) is 2.90. The van der Waals surface area contributed by atoms with Crippen LogP contribution in [0, 0.1) is 5.92 Å². The van der Waals surface area contributed by atoms with Crippen LogP contribution >= 0.6 is 11.8 Å². The molecule has 18 heavy (non-hydrogen) atoms. The van der Waals surface area contributed by atoms with Crippen LogP contribution in [0.4, 0.5) is 5.82 Å². The second kappa shape index (κ2) is 6.64. The topological polar surface area (TPSA) is 54.0 Å². The van der Waals surface area contributed by atoms with E-state index in [0.717, 1.165) is 18.8 Å². The van der Waals surface area contributed by atoms with E-state index in [4.69, 9.17) is 0 Å². The highest BCUT2D eigenvalue weighted by Crippen LogP contribution is 2.22. The van der Waals surface area contributed by atoms with Crippen LogP contribution in [-0.2, 0) is 0 Å². The average Bonchev–Trinajstić information content (AvgIpc) is 2.90. The van der Waals surface area contributed by atoms with Crippen molar-refractivity contribution in [1.29, 1.82) is 0 Å². The SMILES string of the molecule is CCNc1ncccc1C(=O)NCC1CCSC1. The molecule has 1 fully saturated rings. The van der Waals surface area contributed by atoms with Gasteiger partial charge in [-0.25, -0.2) is 4.98 Å². The molecule has 2 heterocycles. The number of thioether (sulfide) groups is 1. The van der Waals surface area contributed by atoms with Crippen molar-refractivity contribution in [3.63, 3.8) is 0 Å². The molecule has 1 aromatic rings. The Balaban J connectivity index is 1.94. The summed E-state index contributed by atoms with van der Waals surface area (Å²) in [5.74, 6) is 3.64. The maximum Gasteiger partial charge on any atom is 0.255 e. The van der Waals surface area contributed by atoms with Crippen LogP contribution in [-0.4, -0.2) is 35.5 Å². The second-order valence-corrected chi connectivity index (χ2v) is 5.52. The van der Waals surface area contributed by atoms with Crippen molar-refractivity contribution in [2.24, 2.45) is 5.92 Å². The van der Waals surface area contributed by atoms with Gasteiger partial charge in [-0.05, 0) is 42.9 Å². The number of hydrogen-bond acceptors (Lipinski definition) is 4. The number of aromatic nitrogens is 1. The Kier molecular flexibility index (Phi) is 4.87. The van der Waals surface area contributed by atoms with Crippen LogP contribution in [0.15, 0.2) is 18.3 Å². The first-order chi connectivity index (χ1) is 8.81. The van der Waals surface area contributed by atoms with E-state index in [-0.39, 0.29) is 5.91 Å². The molecule has 0 saturated carbocycles. The summed E-state index contributed by atoms with van der Waals surface area (Å²) in [7, 11) is 0. The predicted molar refractivity (Wildman–Crippen MR) is 76.2 cm³/mol. The number of nitrogens with one attached hydrogen (secondary N) is 2. The molecule has 1 atom stereocenters. The van der Waals surface area contributed by atoms with Crippen molar-refractivity contribution in [2.45, 2.75) is 13.3 Å². The molecule has 2 rings (SSSR count). The van der Waals surface area contributed by atoms with Gasteiger partial charge in [-0.15, -0.1) is 0 Å². The predicted octanol–water partition coefficient (Wildman–Crippen LogP) is 2.00. The van der Waals surface area contributed by atoms with E-state index in [2.05, 4.69) is 15.6 Å². The summed E-state index contributed by atoms with van der Waals surface area (Å²) in [6.45, 7) is 3.52. The Labute approximate surface area is 112 Å². The monoisotopic (exact) mass is 265 g/mol. The van der Waals surface area contributed by atoms with Gasteiger partial charge in [0.15, 0.2) is 0 Å². The smallest absolute Gasteiger partial charge is 0.255 e. The molecule has 1 unspecified atom stereocenters. The molecular formula is C13H19N3OS. The Hall–Kier alpha value is -1.23. The molecule has 0 aliphatic carbocycles. The standard InChI is InChI=1S/C13H19N3OS/c1-2-14-12-11(4-3-6-15-12)13(17)16-8-10-5-7-18-9-10/h3-4,6,10H,2,5,7-9H2,1H3,(H,14,15)(H,16,17). The summed E-state index contributed by atoms with van der Waals surface area (Å²) in [5.41, 5.74) is 0.630. The Morgan fingerprint density at radius 3 is 3.22 bits per heavy atom. The molecular weight excluding hydrogens is 246 g/mol. The number of carbonyl (C=O) groups is 1. The summed E-state index contributed by atoms with van der Waals surface area (Å²) < 4.78 is 0. The van der Waals surface area contributed by atoms with Crippen molar-refractivity contribution < 1.29 is 4.79 Å². The van der Waals surface area contributed by atoms with Crippen LogP contribution < -0.4 is 10.6 Å². The number of nitrogens with zero attached hydrogens (tertiary/aromatic N) is 1. The zero-order valence-electron chi connectivity index (χ0n) is 10.6. The molecule has 1 aliphatic heterocycles. The first-order valence-corrected chi connectivity index (χ1v) is 7.51. The number of rotatable bonds is 5.